The minimum Gasteiger partial charge on any atom is -0.273 e. The largest absolute Gasteiger partial charge is 0.273 e. The quantitative estimate of drug-likeness (QED) is 0.569. The molecule has 2 rings (SSSR count). The molecular formula is C17H16F2N2O2S2. The number of carbonyl (C=O) groups is 2. The first kappa shape index (κ1) is 19.3. The van der Waals surface area contributed by atoms with Gasteiger partial charge in [-0.1, -0.05) is 12.1 Å². The highest BCUT2D eigenvalue weighted by atomic mass is 32.2. The SMILES string of the molecule is O=C(CCSc1ccc(F)cc1)NNC(=O)CSc1ccccc1F. The average Bonchev–Trinajstić information content (AvgIpc) is 2.61. The fourth-order valence-electron chi connectivity index (χ4n) is 1.74. The molecule has 4 nitrogen and oxygen atoms in total. The molecular weight excluding hydrogens is 366 g/mol. The van der Waals surface area contributed by atoms with Crippen molar-refractivity contribution in [2.24, 2.45) is 0 Å². The van der Waals surface area contributed by atoms with E-state index in [1.165, 1.54) is 30.0 Å². The van der Waals surface area contributed by atoms with Crippen molar-refractivity contribution in [3.05, 3.63) is 60.2 Å². The molecule has 0 unspecified atom stereocenters. The van der Waals surface area contributed by atoms with Crippen LogP contribution in [0.15, 0.2) is 58.3 Å². The second-order valence-electron chi connectivity index (χ2n) is 4.87. The molecule has 8 heteroatoms. The maximum atomic E-state index is 13.4. The fourth-order valence-corrected chi connectivity index (χ4v) is 3.33. The molecule has 0 aliphatic rings. The fraction of sp³-hybridized carbons (Fsp3) is 0.176. The molecule has 0 aromatic heterocycles. The molecule has 2 amide bonds. The molecule has 0 bridgehead atoms. The van der Waals surface area contributed by atoms with Crippen LogP contribution in [-0.4, -0.2) is 23.3 Å². The smallest absolute Gasteiger partial charge is 0.248 e. The number of hydrogen-bond donors (Lipinski definition) is 2. The monoisotopic (exact) mass is 382 g/mol. The van der Waals surface area contributed by atoms with Crippen LogP contribution in [0.25, 0.3) is 0 Å². The van der Waals surface area contributed by atoms with Gasteiger partial charge < -0.3 is 0 Å². The molecule has 0 aliphatic carbocycles. The van der Waals surface area contributed by atoms with E-state index in [0.717, 1.165) is 16.7 Å². The lowest BCUT2D eigenvalue weighted by Gasteiger charge is -2.07. The van der Waals surface area contributed by atoms with Crippen LogP contribution in [0.3, 0.4) is 0 Å². The lowest BCUT2D eigenvalue weighted by Crippen LogP contribution is -2.42. The minimum absolute atomic E-state index is 0.00839. The Bertz CT molecular complexity index is 727. The van der Waals surface area contributed by atoms with Crippen molar-refractivity contribution in [2.45, 2.75) is 16.2 Å². The number of benzene rings is 2. The summed E-state index contributed by atoms with van der Waals surface area (Å²) >= 11 is 2.46. The molecule has 0 saturated carbocycles. The summed E-state index contributed by atoms with van der Waals surface area (Å²) in [6, 6.07) is 12.2. The van der Waals surface area contributed by atoms with Crippen LogP contribution >= 0.6 is 23.5 Å². The van der Waals surface area contributed by atoms with Crippen molar-refractivity contribution in [3.8, 4) is 0 Å². The molecule has 25 heavy (non-hydrogen) atoms. The van der Waals surface area contributed by atoms with Gasteiger partial charge in [0.1, 0.15) is 11.6 Å². The number of rotatable bonds is 7. The van der Waals surface area contributed by atoms with Crippen LogP contribution in [0.1, 0.15) is 6.42 Å². The summed E-state index contributed by atoms with van der Waals surface area (Å²) in [5, 5.41) is 0. The van der Waals surface area contributed by atoms with Gasteiger partial charge in [0.15, 0.2) is 0 Å². The van der Waals surface area contributed by atoms with Crippen molar-refractivity contribution in [1.29, 1.82) is 0 Å². The third-order valence-corrected chi connectivity index (χ3v) is 5.01. The predicted molar refractivity (Wildman–Crippen MR) is 95.2 cm³/mol. The van der Waals surface area contributed by atoms with Crippen LogP contribution in [0.5, 0.6) is 0 Å². The topological polar surface area (TPSA) is 58.2 Å². The Balaban J connectivity index is 1.61. The third kappa shape index (κ3) is 7.15. The van der Waals surface area contributed by atoms with Crippen LogP contribution in [0, 0.1) is 11.6 Å². The Kier molecular flexibility index (Phi) is 7.75. The van der Waals surface area contributed by atoms with Gasteiger partial charge in [0.05, 0.1) is 5.75 Å². The molecule has 132 valence electrons. The minimum atomic E-state index is -0.423. The first-order chi connectivity index (χ1) is 12.0. The molecule has 0 aliphatic heterocycles. The number of hydrazine groups is 1. The van der Waals surface area contributed by atoms with E-state index in [1.807, 2.05) is 0 Å². The number of thioether (sulfide) groups is 2. The van der Waals surface area contributed by atoms with E-state index in [4.69, 9.17) is 0 Å². The second-order valence-corrected chi connectivity index (χ2v) is 7.05. The summed E-state index contributed by atoms with van der Waals surface area (Å²) in [6.07, 6.45) is 0.197. The van der Waals surface area contributed by atoms with Gasteiger partial charge in [-0.05, 0) is 36.4 Å². The Hall–Kier alpha value is -2.06. The first-order valence-electron chi connectivity index (χ1n) is 7.38. The Labute approximate surface area is 152 Å². The Morgan fingerprint density at radius 3 is 2.28 bits per heavy atom. The van der Waals surface area contributed by atoms with Crippen molar-refractivity contribution in [2.75, 3.05) is 11.5 Å². The van der Waals surface area contributed by atoms with E-state index in [1.54, 1.807) is 30.3 Å². The maximum absolute atomic E-state index is 13.4. The molecule has 0 saturated heterocycles. The van der Waals surface area contributed by atoms with Crippen molar-refractivity contribution in [1.82, 2.24) is 10.9 Å². The lowest BCUT2D eigenvalue weighted by atomic mass is 10.3. The van der Waals surface area contributed by atoms with E-state index in [-0.39, 0.29) is 29.7 Å². The highest BCUT2D eigenvalue weighted by molar-refractivity contribution is 8.00. The van der Waals surface area contributed by atoms with Crippen LogP contribution in [0.2, 0.25) is 0 Å². The molecule has 0 spiro atoms. The lowest BCUT2D eigenvalue weighted by molar-refractivity contribution is -0.127. The van der Waals surface area contributed by atoms with Crippen LogP contribution in [-0.2, 0) is 9.59 Å². The second kappa shape index (κ2) is 10.0. The van der Waals surface area contributed by atoms with Crippen LogP contribution < -0.4 is 10.9 Å². The zero-order valence-electron chi connectivity index (χ0n) is 13.1. The highest BCUT2D eigenvalue weighted by Gasteiger charge is 2.08. The van der Waals surface area contributed by atoms with Crippen molar-refractivity contribution >= 4 is 35.3 Å². The number of carbonyl (C=O) groups excluding carboxylic acids is 2. The van der Waals surface area contributed by atoms with Gasteiger partial charge in [-0.15, -0.1) is 23.5 Å². The summed E-state index contributed by atoms with van der Waals surface area (Å²) in [7, 11) is 0. The van der Waals surface area contributed by atoms with Gasteiger partial charge in [-0.3, -0.25) is 20.4 Å². The molecule has 2 N–H and O–H groups in total. The molecule has 0 atom stereocenters. The third-order valence-electron chi connectivity index (χ3n) is 2.95. The molecule has 2 aromatic carbocycles. The molecule has 0 heterocycles. The van der Waals surface area contributed by atoms with E-state index < -0.39 is 5.91 Å². The zero-order chi connectivity index (χ0) is 18.1. The van der Waals surface area contributed by atoms with Gasteiger partial charge in [-0.25, -0.2) is 8.78 Å². The first-order valence-corrected chi connectivity index (χ1v) is 9.35. The summed E-state index contributed by atoms with van der Waals surface area (Å²) in [6.45, 7) is 0. The average molecular weight is 382 g/mol. The Morgan fingerprint density at radius 1 is 0.880 bits per heavy atom. The van der Waals surface area contributed by atoms with Crippen molar-refractivity contribution in [3.63, 3.8) is 0 Å². The van der Waals surface area contributed by atoms with E-state index in [2.05, 4.69) is 10.9 Å². The zero-order valence-corrected chi connectivity index (χ0v) is 14.8. The number of nitrogens with one attached hydrogen (secondary N) is 2. The molecule has 2 aromatic rings. The predicted octanol–water partition coefficient (Wildman–Crippen LogP) is 3.39. The number of amides is 2. The van der Waals surface area contributed by atoms with E-state index >= 15 is 0 Å². The highest BCUT2D eigenvalue weighted by Crippen LogP contribution is 2.20. The summed E-state index contributed by atoms with van der Waals surface area (Å²) < 4.78 is 26.2. The number of halogens is 2. The summed E-state index contributed by atoms with van der Waals surface area (Å²) in [5.74, 6) is -0.963. The van der Waals surface area contributed by atoms with Gasteiger partial charge in [0, 0.05) is 22.0 Å². The molecule has 0 fully saturated rings. The van der Waals surface area contributed by atoms with Crippen LogP contribution in [0.4, 0.5) is 8.78 Å². The van der Waals surface area contributed by atoms with Gasteiger partial charge in [0.2, 0.25) is 11.8 Å². The van der Waals surface area contributed by atoms with Crippen molar-refractivity contribution < 1.29 is 18.4 Å². The standard InChI is InChI=1S/C17H16F2N2O2S2/c18-12-5-7-13(8-6-12)24-10-9-16(22)20-21-17(23)11-25-15-4-2-1-3-14(15)19/h1-8H,9-11H2,(H,20,22)(H,21,23). The summed E-state index contributed by atoms with van der Waals surface area (Å²) in [4.78, 5) is 24.5. The normalized spacial score (nSPS) is 10.3. The van der Waals surface area contributed by atoms with Gasteiger partial charge in [0.25, 0.3) is 0 Å². The van der Waals surface area contributed by atoms with E-state index in [0.29, 0.717) is 10.6 Å². The van der Waals surface area contributed by atoms with Gasteiger partial charge in [-0.2, -0.15) is 0 Å². The summed E-state index contributed by atoms with van der Waals surface area (Å²) in [5.41, 5.74) is 4.60. The maximum Gasteiger partial charge on any atom is 0.248 e. The Morgan fingerprint density at radius 2 is 1.56 bits per heavy atom. The number of hydrogen-bond acceptors (Lipinski definition) is 4. The van der Waals surface area contributed by atoms with E-state index in [9.17, 15) is 18.4 Å². The molecule has 0 radical (unpaired) electrons. The van der Waals surface area contributed by atoms with Gasteiger partial charge >= 0.3 is 0 Å².